The van der Waals surface area contributed by atoms with E-state index in [2.05, 4.69) is 55.1 Å². The van der Waals surface area contributed by atoms with E-state index in [1.807, 2.05) is 0 Å². The number of allylic oxidation sites excluding steroid dienone is 4. The molecule has 0 aliphatic heterocycles. The van der Waals surface area contributed by atoms with Crippen molar-refractivity contribution in [2.45, 2.75) is 42.0 Å². The SMILES string of the molecule is C.CC1=C(C)C(C)(C)[C]([Ti])=C1C.Cl.Cl. The Balaban J connectivity index is -0.000000403. The van der Waals surface area contributed by atoms with Gasteiger partial charge in [-0.05, 0) is 0 Å². The monoisotopic (exact) mass is 271 g/mol. The van der Waals surface area contributed by atoms with Crippen LogP contribution in [0.2, 0.25) is 0 Å². The first-order valence-corrected chi connectivity index (χ1v) is 4.78. The van der Waals surface area contributed by atoms with Crippen molar-refractivity contribution < 1.29 is 20.4 Å². The molecule has 0 unspecified atom stereocenters. The van der Waals surface area contributed by atoms with Gasteiger partial charge in [0.2, 0.25) is 0 Å². The Labute approximate surface area is 113 Å². The van der Waals surface area contributed by atoms with Crippen molar-refractivity contribution in [3.8, 4) is 0 Å². The van der Waals surface area contributed by atoms with E-state index < -0.39 is 0 Å². The minimum absolute atomic E-state index is 0. The maximum absolute atomic E-state index is 2.30. The second-order valence-electron chi connectivity index (χ2n) is 3.88. The fraction of sp³-hybridized carbons (Fsp3) is 0.636. The van der Waals surface area contributed by atoms with E-state index in [1.54, 1.807) is 0 Å². The third-order valence-corrected chi connectivity index (χ3v) is 4.62. The molecule has 3 heteroatoms. The molecule has 0 heterocycles. The van der Waals surface area contributed by atoms with Gasteiger partial charge in [-0.3, -0.25) is 0 Å². The number of hydrogen-bond acceptors (Lipinski definition) is 0. The molecule has 0 nitrogen and oxygen atoms in total. The average molecular weight is 272 g/mol. The molecule has 0 radical (unpaired) electrons. The first-order chi connectivity index (χ1) is 4.89. The zero-order valence-corrected chi connectivity index (χ0v) is 12.0. The normalized spacial score (nSPS) is 18.3. The topological polar surface area (TPSA) is 0 Å². The van der Waals surface area contributed by atoms with Crippen molar-refractivity contribution in [2.75, 3.05) is 0 Å². The molecule has 0 N–H and O–H groups in total. The van der Waals surface area contributed by atoms with E-state index in [9.17, 15) is 0 Å². The summed E-state index contributed by atoms with van der Waals surface area (Å²) >= 11 is 2.25. The van der Waals surface area contributed by atoms with Crippen LogP contribution in [0.3, 0.4) is 0 Å². The summed E-state index contributed by atoms with van der Waals surface area (Å²) < 4.78 is 1.53. The van der Waals surface area contributed by atoms with Crippen LogP contribution < -0.4 is 0 Å². The third kappa shape index (κ3) is 2.89. The molecule has 0 aromatic rings. The molecule has 0 atom stereocenters. The molecule has 0 bridgehead atoms. The minimum Gasteiger partial charge on any atom is -0.147 e. The smallest absolute Gasteiger partial charge is 0.147 e. The molecule has 1 aliphatic carbocycles. The van der Waals surface area contributed by atoms with Gasteiger partial charge in [-0.25, -0.2) is 0 Å². The van der Waals surface area contributed by atoms with Crippen LogP contribution in [0.4, 0.5) is 0 Å². The minimum atomic E-state index is 0. The zero-order chi connectivity index (χ0) is 8.81. The van der Waals surface area contributed by atoms with Crippen LogP contribution in [0.25, 0.3) is 0 Å². The quantitative estimate of drug-likeness (QED) is 0.562. The summed E-state index contributed by atoms with van der Waals surface area (Å²) in [5.41, 5.74) is 4.83. The van der Waals surface area contributed by atoms with Crippen LogP contribution in [0.1, 0.15) is 42.0 Å². The molecule has 0 saturated carbocycles. The second kappa shape index (κ2) is 6.38. The summed E-state index contributed by atoms with van der Waals surface area (Å²) in [5.74, 6) is 0. The van der Waals surface area contributed by atoms with E-state index in [0.29, 0.717) is 5.41 Å². The number of halogens is 2. The van der Waals surface area contributed by atoms with Crippen molar-refractivity contribution in [1.82, 2.24) is 0 Å². The molecule has 0 spiro atoms. The van der Waals surface area contributed by atoms with Gasteiger partial charge in [-0.1, -0.05) is 7.43 Å². The molecule has 0 aromatic carbocycles. The molecule has 83 valence electrons. The molecular formula is C11H21Cl2Ti. The number of rotatable bonds is 0. The molecule has 1 aliphatic rings. The van der Waals surface area contributed by atoms with Crippen molar-refractivity contribution in [3.05, 3.63) is 20.6 Å². The molecular weight excluding hydrogens is 251 g/mol. The van der Waals surface area contributed by atoms with Crippen molar-refractivity contribution >= 4 is 24.8 Å². The van der Waals surface area contributed by atoms with Gasteiger partial charge >= 0.3 is 81.1 Å². The molecule has 14 heavy (non-hydrogen) atoms. The Kier molecular flexibility index (Phi) is 9.21. The Morgan fingerprint density at radius 2 is 1.29 bits per heavy atom. The van der Waals surface area contributed by atoms with Crippen LogP contribution >= 0.6 is 24.8 Å². The second-order valence-corrected chi connectivity index (χ2v) is 4.66. The largest absolute Gasteiger partial charge is 0.147 e. The van der Waals surface area contributed by atoms with Gasteiger partial charge in [0.1, 0.15) is 0 Å². The summed E-state index contributed by atoms with van der Waals surface area (Å²) in [7, 11) is 0. The molecule has 0 aromatic heterocycles. The van der Waals surface area contributed by atoms with Crippen LogP contribution in [0, 0.1) is 5.41 Å². The standard InChI is InChI=1S/C10H15.CH4.2ClH.Ti/c1-7-6-10(4,5)9(3)8(7)2;;;;/h1-5H3;1H4;2*1H;. The summed E-state index contributed by atoms with van der Waals surface area (Å²) in [6, 6.07) is 0. The summed E-state index contributed by atoms with van der Waals surface area (Å²) in [6.45, 7) is 11.3. The van der Waals surface area contributed by atoms with Gasteiger partial charge in [-0.2, -0.15) is 0 Å². The van der Waals surface area contributed by atoms with E-state index in [-0.39, 0.29) is 32.2 Å². The van der Waals surface area contributed by atoms with Crippen LogP contribution in [0.15, 0.2) is 20.6 Å². The van der Waals surface area contributed by atoms with Crippen molar-refractivity contribution in [1.29, 1.82) is 0 Å². The van der Waals surface area contributed by atoms with E-state index in [4.69, 9.17) is 0 Å². The molecule has 0 saturated heterocycles. The number of hydrogen-bond donors (Lipinski definition) is 0. The Hall–Kier alpha value is 0.774. The zero-order valence-electron chi connectivity index (χ0n) is 8.82. The van der Waals surface area contributed by atoms with Gasteiger partial charge in [0.05, 0.1) is 0 Å². The predicted molar refractivity (Wildman–Crippen MR) is 66.1 cm³/mol. The van der Waals surface area contributed by atoms with Crippen molar-refractivity contribution in [3.63, 3.8) is 0 Å². The van der Waals surface area contributed by atoms with Crippen LogP contribution in [0.5, 0.6) is 0 Å². The van der Waals surface area contributed by atoms with E-state index >= 15 is 0 Å². The fourth-order valence-electron chi connectivity index (χ4n) is 1.59. The van der Waals surface area contributed by atoms with E-state index in [0.717, 1.165) is 0 Å². The Bertz CT molecular complexity index is 236. The van der Waals surface area contributed by atoms with E-state index in [1.165, 1.54) is 20.6 Å². The third-order valence-electron chi connectivity index (χ3n) is 3.06. The summed E-state index contributed by atoms with van der Waals surface area (Å²) in [4.78, 5) is 0. The molecule has 0 amide bonds. The maximum Gasteiger partial charge on any atom is -0.147 e. The Morgan fingerprint density at radius 1 is 0.929 bits per heavy atom. The van der Waals surface area contributed by atoms with Gasteiger partial charge in [0.15, 0.2) is 0 Å². The summed E-state index contributed by atoms with van der Waals surface area (Å²) in [5, 5.41) is 0. The summed E-state index contributed by atoms with van der Waals surface area (Å²) in [6.07, 6.45) is 0. The molecule has 1 rings (SSSR count). The van der Waals surface area contributed by atoms with Gasteiger partial charge in [-0.15, -0.1) is 24.8 Å². The van der Waals surface area contributed by atoms with Crippen molar-refractivity contribution in [2.24, 2.45) is 5.41 Å². The van der Waals surface area contributed by atoms with Gasteiger partial charge < -0.3 is 0 Å². The first-order valence-electron chi connectivity index (χ1n) is 4.00. The fourth-order valence-corrected chi connectivity index (χ4v) is 2.18. The van der Waals surface area contributed by atoms with Crippen LogP contribution in [-0.4, -0.2) is 0 Å². The van der Waals surface area contributed by atoms with Gasteiger partial charge in [0.25, 0.3) is 0 Å². The Morgan fingerprint density at radius 3 is 1.36 bits per heavy atom. The first kappa shape index (κ1) is 20.2. The molecule has 0 fully saturated rings. The van der Waals surface area contributed by atoms with Crippen LogP contribution in [-0.2, 0) is 20.4 Å². The van der Waals surface area contributed by atoms with Gasteiger partial charge in [0, 0.05) is 0 Å². The average Bonchev–Trinajstić information content (AvgIpc) is 2.06. The predicted octanol–water partition coefficient (Wildman–Crippen LogP) is 4.66. The maximum atomic E-state index is 2.30.